The Labute approximate surface area is 254 Å². The number of hydrogen-bond acceptors (Lipinski definition) is 12. The molecule has 5 heterocycles. The number of rotatable bonds is 9. The predicted octanol–water partition coefficient (Wildman–Crippen LogP) is 4.30. The molecule has 0 radical (unpaired) electrons. The summed E-state index contributed by atoms with van der Waals surface area (Å²) in [6, 6.07) is 3.58. The molecule has 1 N–H and O–H groups in total. The normalized spacial score (nSPS) is 19.0. The largest absolute Gasteiger partial charge is 0.484 e. The number of imidazole rings is 1. The van der Waals surface area contributed by atoms with Crippen LogP contribution in [0, 0.1) is 10.1 Å². The zero-order valence-electron chi connectivity index (χ0n) is 24.2. The van der Waals surface area contributed by atoms with Gasteiger partial charge in [-0.1, -0.05) is 4.98 Å². The molecule has 14 nitrogen and oxygen atoms in total. The number of ether oxygens (including phenoxy) is 3. The van der Waals surface area contributed by atoms with E-state index in [1.807, 2.05) is 6.07 Å². The third kappa shape index (κ3) is 6.97. The van der Waals surface area contributed by atoms with E-state index in [4.69, 9.17) is 19.2 Å². The third-order valence-electron chi connectivity index (χ3n) is 7.78. The van der Waals surface area contributed by atoms with Gasteiger partial charge >= 0.3 is 12.1 Å². The highest BCUT2D eigenvalue weighted by molar-refractivity contribution is 5.87. The first-order valence-electron chi connectivity index (χ1n) is 14.4. The fourth-order valence-electron chi connectivity index (χ4n) is 5.34. The van der Waals surface area contributed by atoms with Crippen molar-refractivity contribution in [2.75, 3.05) is 36.5 Å². The maximum Gasteiger partial charge on any atom is 0.434 e. The van der Waals surface area contributed by atoms with Crippen LogP contribution in [0.5, 0.6) is 11.6 Å². The van der Waals surface area contributed by atoms with Crippen LogP contribution in [0.2, 0.25) is 0 Å². The first-order valence-corrected chi connectivity index (χ1v) is 14.4. The number of nitro groups is 1. The molecule has 1 aliphatic carbocycles. The number of alkyl halides is 3. The van der Waals surface area contributed by atoms with Gasteiger partial charge in [-0.25, -0.2) is 9.55 Å². The second-order valence-corrected chi connectivity index (χ2v) is 10.8. The third-order valence-corrected chi connectivity index (χ3v) is 7.78. The van der Waals surface area contributed by atoms with Crippen molar-refractivity contribution in [3.63, 3.8) is 0 Å². The van der Waals surface area contributed by atoms with E-state index < -0.39 is 16.8 Å². The summed E-state index contributed by atoms with van der Waals surface area (Å²) in [5, 5.41) is 14.8. The minimum Gasteiger partial charge on any atom is -0.484 e. The Morgan fingerprint density at radius 3 is 2.56 bits per heavy atom. The lowest BCUT2D eigenvalue weighted by Gasteiger charge is -2.31. The van der Waals surface area contributed by atoms with Gasteiger partial charge in [-0.05, 0) is 36.7 Å². The fourth-order valence-corrected chi connectivity index (χ4v) is 5.34. The number of fused-ring (bicyclic) bond motifs is 1. The van der Waals surface area contributed by atoms with Crippen molar-refractivity contribution < 1.29 is 32.3 Å². The van der Waals surface area contributed by atoms with Gasteiger partial charge in [0.25, 0.3) is 0 Å². The van der Waals surface area contributed by atoms with Crippen molar-refractivity contribution in [3.05, 3.63) is 58.4 Å². The van der Waals surface area contributed by atoms with Crippen molar-refractivity contribution in [1.29, 1.82) is 0 Å². The standard InChI is InChI=1S/C28H30F3N9O5/c1-38-18(12-34-27(38)40(41)42)16-44-20-10-21-22(33-13-20)11-25(39-6-8-43-9-7-39)37-26(21)45-19-4-2-17(3-5-19)35-24-15-32-14-23(36-24)28(29,30)31/h10-15,17,19H,2-9,16H2,1H3,(H,35,36). The summed E-state index contributed by atoms with van der Waals surface area (Å²) in [4.78, 5) is 33.3. The molecule has 1 saturated heterocycles. The second-order valence-electron chi connectivity index (χ2n) is 10.8. The molecule has 4 aromatic rings. The second kappa shape index (κ2) is 12.7. The molecule has 17 heteroatoms. The molecule has 0 aromatic carbocycles. The lowest BCUT2D eigenvalue weighted by Crippen LogP contribution is -2.37. The Hall–Kier alpha value is -4.80. The number of morpholine rings is 1. The molecule has 0 spiro atoms. The maximum absolute atomic E-state index is 13.1. The molecule has 238 valence electrons. The Balaban J connectivity index is 1.18. The van der Waals surface area contributed by atoms with E-state index in [0.29, 0.717) is 92.2 Å². The van der Waals surface area contributed by atoms with Crippen LogP contribution in [0.25, 0.3) is 10.9 Å². The van der Waals surface area contributed by atoms with Crippen molar-refractivity contribution in [1.82, 2.24) is 29.5 Å². The maximum atomic E-state index is 13.1. The van der Waals surface area contributed by atoms with E-state index in [1.165, 1.54) is 17.0 Å². The van der Waals surface area contributed by atoms with Gasteiger partial charge in [-0.3, -0.25) is 9.97 Å². The minimum absolute atomic E-state index is 0.0350. The average Bonchev–Trinajstić information content (AvgIpc) is 3.41. The summed E-state index contributed by atoms with van der Waals surface area (Å²) in [6.07, 6.45) is 2.76. The monoisotopic (exact) mass is 629 g/mol. The number of nitrogens with zero attached hydrogens (tertiary/aromatic N) is 8. The number of hydrogen-bond donors (Lipinski definition) is 1. The zero-order chi connectivity index (χ0) is 31.6. The average molecular weight is 630 g/mol. The predicted molar refractivity (Wildman–Crippen MR) is 154 cm³/mol. The Morgan fingerprint density at radius 2 is 1.84 bits per heavy atom. The quantitative estimate of drug-likeness (QED) is 0.207. The summed E-state index contributed by atoms with van der Waals surface area (Å²) in [6.45, 7) is 2.54. The molecule has 2 fully saturated rings. The molecular weight excluding hydrogens is 599 g/mol. The van der Waals surface area contributed by atoms with Crippen molar-refractivity contribution >= 4 is 28.5 Å². The molecule has 6 rings (SSSR count). The van der Waals surface area contributed by atoms with E-state index in [-0.39, 0.29) is 30.5 Å². The molecule has 0 amide bonds. The Bertz CT molecular complexity index is 1670. The van der Waals surface area contributed by atoms with Gasteiger partial charge in [0.15, 0.2) is 11.4 Å². The fraction of sp³-hybridized carbons (Fsp3) is 0.464. The van der Waals surface area contributed by atoms with E-state index in [0.717, 1.165) is 0 Å². The van der Waals surface area contributed by atoms with Crippen LogP contribution >= 0.6 is 0 Å². The molecule has 0 bridgehead atoms. The van der Waals surface area contributed by atoms with E-state index in [2.05, 4.69) is 30.2 Å². The van der Waals surface area contributed by atoms with Crippen LogP contribution in [-0.2, 0) is 24.6 Å². The zero-order valence-corrected chi connectivity index (χ0v) is 24.2. The van der Waals surface area contributed by atoms with E-state index in [1.54, 1.807) is 19.3 Å². The molecular formula is C28H30F3N9O5. The molecule has 4 aromatic heterocycles. The van der Waals surface area contributed by atoms with Crippen molar-refractivity contribution in [3.8, 4) is 11.6 Å². The molecule has 1 aliphatic heterocycles. The van der Waals surface area contributed by atoms with Gasteiger partial charge in [-0.2, -0.15) is 18.2 Å². The summed E-state index contributed by atoms with van der Waals surface area (Å²) in [5.41, 5.74) is 0.130. The van der Waals surface area contributed by atoms with Crippen LogP contribution in [0.1, 0.15) is 37.1 Å². The lowest BCUT2D eigenvalue weighted by atomic mass is 9.93. The van der Waals surface area contributed by atoms with Crippen molar-refractivity contribution in [2.45, 2.75) is 50.6 Å². The lowest BCUT2D eigenvalue weighted by molar-refractivity contribution is -0.396. The molecule has 0 unspecified atom stereocenters. The first-order chi connectivity index (χ1) is 21.6. The van der Waals surface area contributed by atoms with Gasteiger partial charge in [0.05, 0.1) is 49.8 Å². The number of aromatic nitrogens is 6. The summed E-state index contributed by atoms with van der Waals surface area (Å²) in [5.74, 6) is 1.32. The Morgan fingerprint density at radius 1 is 1.07 bits per heavy atom. The van der Waals surface area contributed by atoms with Gasteiger partial charge < -0.3 is 34.5 Å². The number of halogens is 3. The van der Waals surface area contributed by atoms with Gasteiger partial charge in [0.2, 0.25) is 5.88 Å². The van der Waals surface area contributed by atoms with Crippen LogP contribution in [-0.4, -0.2) is 72.9 Å². The number of pyridine rings is 2. The molecule has 0 atom stereocenters. The highest BCUT2D eigenvalue weighted by Gasteiger charge is 2.33. The van der Waals surface area contributed by atoms with Crippen LogP contribution < -0.4 is 19.7 Å². The smallest absolute Gasteiger partial charge is 0.434 e. The van der Waals surface area contributed by atoms with E-state index in [9.17, 15) is 23.3 Å². The number of anilines is 2. The van der Waals surface area contributed by atoms with Gasteiger partial charge in [-0.15, -0.1) is 0 Å². The highest BCUT2D eigenvalue weighted by Crippen LogP contribution is 2.34. The SMILES string of the molecule is Cn1c(COc2cnc3cc(N4CCOCC4)nc(OC4CCC(Nc5cncc(C(F)(F)F)n5)CC4)c3c2)cnc1[N+](=O)[O-]. The van der Waals surface area contributed by atoms with Crippen molar-refractivity contribution in [2.24, 2.45) is 7.05 Å². The van der Waals surface area contributed by atoms with Gasteiger partial charge in [0.1, 0.15) is 36.3 Å². The van der Waals surface area contributed by atoms with E-state index >= 15 is 0 Å². The van der Waals surface area contributed by atoms with Gasteiger partial charge in [0, 0.05) is 25.2 Å². The summed E-state index contributed by atoms with van der Waals surface area (Å²) >= 11 is 0. The van der Waals surface area contributed by atoms with Crippen LogP contribution in [0.4, 0.5) is 30.8 Å². The number of nitrogens with one attached hydrogen (secondary N) is 1. The molecule has 1 saturated carbocycles. The molecule has 2 aliphatic rings. The topological polar surface area (TPSA) is 155 Å². The Kier molecular flexibility index (Phi) is 8.51. The minimum atomic E-state index is -4.57. The highest BCUT2D eigenvalue weighted by atomic mass is 19.4. The van der Waals surface area contributed by atoms with Crippen LogP contribution in [0.3, 0.4) is 0 Å². The summed E-state index contributed by atoms with van der Waals surface area (Å²) < 4.78 is 58.4. The molecule has 45 heavy (non-hydrogen) atoms. The first kappa shape index (κ1) is 30.2. The summed E-state index contributed by atoms with van der Waals surface area (Å²) in [7, 11) is 1.54. The van der Waals surface area contributed by atoms with Crippen LogP contribution in [0.15, 0.2) is 36.9 Å².